The van der Waals surface area contributed by atoms with Crippen LogP contribution in [0, 0.1) is 0 Å². The van der Waals surface area contributed by atoms with Crippen molar-refractivity contribution >= 4 is 33.9 Å². The fourth-order valence-electron chi connectivity index (χ4n) is 4.16. The van der Waals surface area contributed by atoms with Crippen molar-refractivity contribution in [3.63, 3.8) is 0 Å². The van der Waals surface area contributed by atoms with E-state index in [2.05, 4.69) is 11.9 Å². The summed E-state index contributed by atoms with van der Waals surface area (Å²) in [6, 6.07) is 11.9. The normalized spacial score (nSPS) is 15.9. The molecule has 0 spiro atoms. The van der Waals surface area contributed by atoms with E-state index in [0.717, 1.165) is 0 Å². The minimum atomic E-state index is -0.995. The highest BCUT2D eigenvalue weighted by atomic mass is 16.5. The molecule has 0 radical (unpaired) electrons. The summed E-state index contributed by atoms with van der Waals surface area (Å²) in [4.78, 5) is 39.3. The second-order valence-corrected chi connectivity index (χ2v) is 7.68. The maximum atomic E-state index is 13.2. The molecule has 1 aliphatic heterocycles. The number of carbonyl (C=O) groups excluding carboxylic acids is 2. The van der Waals surface area contributed by atoms with E-state index in [0.29, 0.717) is 27.6 Å². The molecule has 1 aromatic heterocycles. The molecular weight excluding hydrogens is 436 g/mol. The first kappa shape index (κ1) is 22.8. The summed E-state index contributed by atoms with van der Waals surface area (Å²) in [5, 5.41) is 3.62. The summed E-state index contributed by atoms with van der Waals surface area (Å²) < 4.78 is 16.7. The Morgan fingerprint density at radius 2 is 1.79 bits per heavy atom. The lowest BCUT2D eigenvalue weighted by molar-refractivity contribution is -0.139. The van der Waals surface area contributed by atoms with Crippen molar-refractivity contribution in [3.8, 4) is 0 Å². The van der Waals surface area contributed by atoms with Gasteiger partial charge in [0.25, 0.3) is 0 Å². The molecule has 0 aliphatic carbocycles. The molecule has 0 amide bonds. The number of dihydropyridines is 1. The van der Waals surface area contributed by atoms with Crippen molar-refractivity contribution in [2.24, 2.45) is 5.73 Å². The number of para-hydroxylation sites is 2. The number of nitrogens with one attached hydrogen (secondary N) is 1. The van der Waals surface area contributed by atoms with E-state index in [9.17, 15) is 14.4 Å². The van der Waals surface area contributed by atoms with Crippen LogP contribution in [0.4, 0.5) is 0 Å². The van der Waals surface area contributed by atoms with Crippen molar-refractivity contribution in [1.29, 1.82) is 0 Å². The SMILES string of the molecule is C=CCOC(=O)C1=C(C)NC(N)=C(C(=O)OCC)C1c1cccc2c(=O)c3ccccc3oc12. The van der Waals surface area contributed by atoms with E-state index >= 15 is 0 Å². The fraction of sp³-hybridized carbons (Fsp3) is 0.192. The molecule has 0 saturated heterocycles. The Morgan fingerprint density at radius 1 is 1.09 bits per heavy atom. The van der Waals surface area contributed by atoms with Crippen LogP contribution < -0.4 is 16.5 Å². The van der Waals surface area contributed by atoms with Gasteiger partial charge in [-0.05, 0) is 32.0 Å². The van der Waals surface area contributed by atoms with Gasteiger partial charge in [-0.2, -0.15) is 0 Å². The van der Waals surface area contributed by atoms with Gasteiger partial charge in [0.15, 0.2) is 0 Å². The predicted octanol–water partition coefficient (Wildman–Crippen LogP) is 3.37. The molecule has 34 heavy (non-hydrogen) atoms. The molecule has 1 unspecified atom stereocenters. The molecule has 2 heterocycles. The van der Waals surface area contributed by atoms with Crippen LogP contribution in [-0.4, -0.2) is 25.2 Å². The molecule has 1 aliphatic rings. The largest absolute Gasteiger partial charge is 0.463 e. The zero-order valence-electron chi connectivity index (χ0n) is 18.8. The number of benzene rings is 2. The van der Waals surface area contributed by atoms with Crippen LogP contribution in [0.5, 0.6) is 0 Å². The number of hydrogen-bond acceptors (Lipinski definition) is 8. The van der Waals surface area contributed by atoms with Crippen molar-refractivity contribution in [2.45, 2.75) is 19.8 Å². The van der Waals surface area contributed by atoms with Crippen molar-refractivity contribution in [1.82, 2.24) is 5.32 Å². The van der Waals surface area contributed by atoms with Crippen LogP contribution in [0.15, 0.2) is 87.0 Å². The maximum Gasteiger partial charge on any atom is 0.338 e. The first-order valence-corrected chi connectivity index (χ1v) is 10.8. The minimum absolute atomic E-state index is 0.0223. The highest BCUT2D eigenvalue weighted by molar-refractivity contribution is 6.02. The molecule has 0 fully saturated rings. The Balaban J connectivity index is 2.04. The molecule has 3 N–H and O–H groups in total. The lowest BCUT2D eigenvalue weighted by Gasteiger charge is -2.30. The maximum absolute atomic E-state index is 13.2. The average molecular weight is 460 g/mol. The number of nitrogens with two attached hydrogens (primary N) is 1. The second-order valence-electron chi connectivity index (χ2n) is 7.68. The monoisotopic (exact) mass is 460 g/mol. The highest BCUT2D eigenvalue weighted by Crippen LogP contribution is 2.41. The quantitative estimate of drug-likeness (QED) is 0.326. The van der Waals surface area contributed by atoms with Gasteiger partial charge >= 0.3 is 11.9 Å². The van der Waals surface area contributed by atoms with Crippen molar-refractivity contribution in [3.05, 3.63) is 93.6 Å². The summed E-state index contributed by atoms with van der Waals surface area (Å²) in [6.45, 7) is 6.98. The summed E-state index contributed by atoms with van der Waals surface area (Å²) in [5.41, 5.74) is 7.64. The van der Waals surface area contributed by atoms with Gasteiger partial charge in [-0.15, -0.1) is 0 Å². The Bertz CT molecular complexity index is 1450. The summed E-state index contributed by atoms with van der Waals surface area (Å²) in [6.07, 6.45) is 1.44. The molecule has 0 bridgehead atoms. The topological polar surface area (TPSA) is 121 Å². The lowest BCUT2D eigenvalue weighted by Crippen LogP contribution is -2.36. The van der Waals surface area contributed by atoms with E-state index in [-0.39, 0.29) is 41.2 Å². The van der Waals surface area contributed by atoms with Crippen LogP contribution in [0.2, 0.25) is 0 Å². The minimum Gasteiger partial charge on any atom is -0.463 e. The number of carbonyl (C=O) groups is 2. The molecule has 1 atom stereocenters. The molecule has 2 aromatic carbocycles. The van der Waals surface area contributed by atoms with E-state index in [4.69, 9.17) is 19.6 Å². The van der Waals surface area contributed by atoms with Crippen LogP contribution in [0.25, 0.3) is 21.9 Å². The first-order valence-electron chi connectivity index (χ1n) is 10.8. The molecule has 8 nitrogen and oxygen atoms in total. The van der Waals surface area contributed by atoms with Crippen molar-refractivity contribution < 1.29 is 23.5 Å². The van der Waals surface area contributed by atoms with E-state index < -0.39 is 17.9 Å². The molecule has 3 aromatic rings. The lowest BCUT2D eigenvalue weighted by atomic mass is 9.80. The summed E-state index contributed by atoms with van der Waals surface area (Å²) >= 11 is 0. The van der Waals surface area contributed by atoms with Crippen LogP contribution >= 0.6 is 0 Å². The standard InChI is InChI=1S/C26H24N2O6/c1-4-13-33-25(30)19-14(3)28-24(27)21(26(31)32-5-2)20(19)16-10-8-11-17-22(29)15-9-6-7-12-18(15)34-23(16)17/h4,6-12,20,28H,1,5,13,27H2,2-3H3. The molecule has 4 rings (SSSR count). The average Bonchev–Trinajstić information content (AvgIpc) is 2.82. The third kappa shape index (κ3) is 3.83. The Morgan fingerprint density at radius 3 is 2.53 bits per heavy atom. The van der Waals surface area contributed by atoms with Gasteiger partial charge in [0.2, 0.25) is 5.43 Å². The second kappa shape index (κ2) is 9.27. The number of hydrogen-bond donors (Lipinski definition) is 2. The predicted molar refractivity (Wildman–Crippen MR) is 128 cm³/mol. The molecule has 8 heteroatoms. The molecule has 174 valence electrons. The van der Waals surface area contributed by atoms with Crippen molar-refractivity contribution in [2.75, 3.05) is 13.2 Å². The Kier molecular flexibility index (Phi) is 6.23. The van der Waals surface area contributed by atoms with Gasteiger partial charge in [0.05, 0.1) is 34.4 Å². The van der Waals surface area contributed by atoms with Gasteiger partial charge in [0.1, 0.15) is 23.6 Å². The van der Waals surface area contributed by atoms with Crippen LogP contribution in [0.3, 0.4) is 0 Å². The number of esters is 2. The summed E-state index contributed by atoms with van der Waals surface area (Å²) in [5.74, 6) is -2.31. The smallest absolute Gasteiger partial charge is 0.338 e. The highest BCUT2D eigenvalue weighted by Gasteiger charge is 2.40. The number of rotatable bonds is 6. The zero-order chi connectivity index (χ0) is 24.4. The first-order chi connectivity index (χ1) is 16.4. The fourth-order valence-corrected chi connectivity index (χ4v) is 4.16. The molecule has 0 saturated carbocycles. The van der Waals surface area contributed by atoms with Gasteiger partial charge in [-0.3, -0.25) is 4.79 Å². The van der Waals surface area contributed by atoms with Gasteiger partial charge in [-0.25, -0.2) is 9.59 Å². The summed E-state index contributed by atoms with van der Waals surface area (Å²) in [7, 11) is 0. The van der Waals surface area contributed by atoms with Crippen LogP contribution in [0.1, 0.15) is 25.3 Å². The van der Waals surface area contributed by atoms with E-state index in [1.54, 1.807) is 56.3 Å². The van der Waals surface area contributed by atoms with E-state index in [1.165, 1.54) is 6.08 Å². The third-order valence-corrected chi connectivity index (χ3v) is 5.59. The zero-order valence-corrected chi connectivity index (χ0v) is 18.8. The number of allylic oxidation sites excluding steroid dienone is 1. The van der Waals surface area contributed by atoms with Gasteiger partial charge < -0.3 is 24.9 Å². The molecular formula is C26H24N2O6. The number of ether oxygens (including phenoxy) is 2. The third-order valence-electron chi connectivity index (χ3n) is 5.59. The van der Waals surface area contributed by atoms with Crippen LogP contribution in [-0.2, 0) is 19.1 Å². The Labute approximate surface area is 195 Å². The van der Waals surface area contributed by atoms with Gasteiger partial charge in [-0.1, -0.05) is 36.9 Å². The Hall–Kier alpha value is -4.33. The number of fused-ring (bicyclic) bond motifs is 2. The van der Waals surface area contributed by atoms with E-state index in [1.807, 2.05) is 0 Å². The van der Waals surface area contributed by atoms with Gasteiger partial charge in [0, 0.05) is 11.3 Å².